The van der Waals surface area contributed by atoms with Gasteiger partial charge in [-0.25, -0.2) is 22.7 Å². The van der Waals surface area contributed by atoms with Crippen molar-refractivity contribution in [3.63, 3.8) is 0 Å². The van der Waals surface area contributed by atoms with E-state index in [1.54, 1.807) is 0 Å². The van der Waals surface area contributed by atoms with Gasteiger partial charge in [-0.05, 0) is 18.2 Å². The fraction of sp³-hybridized carbons (Fsp3) is 0.273. The fourth-order valence-corrected chi connectivity index (χ4v) is 2.37. The van der Waals surface area contributed by atoms with Gasteiger partial charge in [0.05, 0.1) is 17.6 Å². The Morgan fingerprint density at radius 1 is 1.40 bits per heavy atom. The van der Waals surface area contributed by atoms with E-state index in [9.17, 15) is 23.1 Å². The molecule has 20 heavy (non-hydrogen) atoms. The first kappa shape index (κ1) is 16.1. The second-order valence-electron chi connectivity index (χ2n) is 3.72. The van der Waals surface area contributed by atoms with Crippen molar-refractivity contribution < 1.29 is 33.0 Å². The molecule has 0 aliphatic rings. The largest absolute Gasteiger partial charge is 0.478 e. The summed E-state index contributed by atoms with van der Waals surface area (Å²) in [6, 6.07) is 4.67. The number of rotatable bonds is 6. The van der Waals surface area contributed by atoms with E-state index >= 15 is 0 Å². The van der Waals surface area contributed by atoms with Crippen molar-refractivity contribution in [3.8, 4) is 0 Å². The van der Waals surface area contributed by atoms with E-state index in [1.807, 2.05) is 4.72 Å². The Labute approximate surface area is 115 Å². The summed E-state index contributed by atoms with van der Waals surface area (Å²) < 4.78 is 29.9. The Kier molecular flexibility index (Phi) is 5.19. The molecule has 1 unspecified atom stereocenters. The normalized spacial score (nSPS) is 12.7. The molecule has 1 atom stereocenters. The summed E-state index contributed by atoms with van der Waals surface area (Å²) in [4.78, 5) is 21.4. The quantitative estimate of drug-likeness (QED) is 0.586. The molecule has 0 spiro atoms. The zero-order valence-corrected chi connectivity index (χ0v) is 11.3. The van der Waals surface area contributed by atoms with Gasteiger partial charge in [-0.2, -0.15) is 0 Å². The Hall–Kier alpha value is -1.97. The van der Waals surface area contributed by atoms with Crippen molar-refractivity contribution in [1.29, 1.82) is 0 Å². The van der Waals surface area contributed by atoms with Crippen molar-refractivity contribution in [2.45, 2.75) is 11.0 Å². The molecule has 0 amide bonds. The molecule has 0 aliphatic carbocycles. The first-order chi connectivity index (χ1) is 9.27. The number of aliphatic hydroxyl groups is 1. The molecule has 9 heteroatoms. The molecular weight excluding hydrogens is 290 g/mol. The summed E-state index contributed by atoms with van der Waals surface area (Å²) in [6.45, 7) is -0.577. The lowest BCUT2D eigenvalue weighted by Gasteiger charge is -2.10. The summed E-state index contributed by atoms with van der Waals surface area (Å²) in [5, 5.41) is 18.1. The van der Waals surface area contributed by atoms with Crippen LogP contribution in [0.1, 0.15) is 10.4 Å². The predicted octanol–water partition coefficient (Wildman–Crippen LogP) is -0.803. The van der Waals surface area contributed by atoms with E-state index < -0.39 is 34.6 Å². The average Bonchev–Trinajstić information content (AvgIpc) is 2.44. The summed E-state index contributed by atoms with van der Waals surface area (Å²) in [6.07, 6.45) is -1.64. The lowest BCUT2D eigenvalue weighted by molar-refractivity contribution is -0.149. The van der Waals surface area contributed by atoms with Crippen LogP contribution >= 0.6 is 0 Å². The van der Waals surface area contributed by atoms with Gasteiger partial charge in [0.25, 0.3) is 0 Å². The molecule has 0 bridgehead atoms. The number of methoxy groups -OCH3 is 1. The second-order valence-corrected chi connectivity index (χ2v) is 5.49. The molecule has 0 saturated heterocycles. The number of nitrogens with one attached hydrogen (secondary N) is 1. The van der Waals surface area contributed by atoms with Gasteiger partial charge in [0.1, 0.15) is 0 Å². The number of carboxylic acids is 1. The molecule has 0 heterocycles. The molecule has 8 nitrogen and oxygen atoms in total. The van der Waals surface area contributed by atoms with Crippen molar-refractivity contribution >= 4 is 22.0 Å². The minimum Gasteiger partial charge on any atom is -0.478 e. The Morgan fingerprint density at radius 3 is 2.60 bits per heavy atom. The molecule has 0 aromatic heterocycles. The van der Waals surface area contributed by atoms with E-state index in [0.717, 1.165) is 13.2 Å². The maximum absolute atomic E-state index is 11.9. The van der Waals surface area contributed by atoms with Gasteiger partial charge < -0.3 is 14.9 Å². The molecule has 0 aliphatic heterocycles. The van der Waals surface area contributed by atoms with Crippen LogP contribution in [-0.2, 0) is 19.6 Å². The van der Waals surface area contributed by atoms with E-state index in [0.29, 0.717) is 0 Å². The van der Waals surface area contributed by atoms with Crippen LogP contribution in [0.2, 0.25) is 0 Å². The van der Waals surface area contributed by atoms with Crippen LogP contribution in [0, 0.1) is 0 Å². The third-order valence-electron chi connectivity index (χ3n) is 2.33. The monoisotopic (exact) mass is 303 g/mol. The minimum atomic E-state index is -4.03. The zero-order valence-electron chi connectivity index (χ0n) is 10.4. The summed E-state index contributed by atoms with van der Waals surface area (Å²) in [7, 11) is -2.98. The number of benzene rings is 1. The first-order valence-electron chi connectivity index (χ1n) is 5.37. The van der Waals surface area contributed by atoms with Crippen LogP contribution in [0.4, 0.5) is 0 Å². The summed E-state index contributed by atoms with van der Waals surface area (Å²) >= 11 is 0. The van der Waals surface area contributed by atoms with Gasteiger partial charge in [0.2, 0.25) is 10.0 Å². The standard InChI is InChI=1S/C11H13NO7S/c1-19-11(16)9(13)6-12-20(17,18)8-4-2-3-7(5-8)10(14)15/h2-5,9,12-13H,6H2,1H3,(H,14,15). The molecular formula is C11H13NO7S. The smallest absolute Gasteiger partial charge is 0.336 e. The molecule has 3 N–H and O–H groups in total. The maximum atomic E-state index is 11.9. The van der Waals surface area contributed by atoms with Crippen LogP contribution in [0.25, 0.3) is 0 Å². The molecule has 0 fully saturated rings. The number of hydrogen-bond acceptors (Lipinski definition) is 6. The summed E-state index contributed by atoms with van der Waals surface area (Å²) in [5.74, 6) is -2.25. The van der Waals surface area contributed by atoms with Crippen LogP contribution in [0.15, 0.2) is 29.2 Å². The third-order valence-corrected chi connectivity index (χ3v) is 3.75. The number of aromatic carboxylic acids is 1. The number of hydrogen-bond donors (Lipinski definition) is 3. The molecule has 0 radical (unpaired) electrons. The van der Waals surface area contributed by atoms with Gasteiger partial charge in [-0.15, -0.1) is 0 Å². The van der Waals surface area contributed by atoms with Crippen LogP contribution in [-0.4, -0.2) is 50.3 Å². The average molecular weight is 303 g/mol. The first-order valence-corrected chi connectivity index (χ1v) is 6.85. The number of aliphatic hydroxyl groups excluding tert-OH is 1. The highest BCUT2D eigenvalue weighted by Gasteiger charge is 2.21. The molecule has 1 rings (SSSR count). The number of ether oxygens (including phenoxy) is 1. The number of carbonyl (C=O) groups is 2. The molecule has 110 valence electrons. The number of esters is 1. The highest BCUT2D eigenvalue weighted by molar-refractivity contribution is 7.89. The van der Waals surface area contributed by atoms with E-state index in [-0.39, 0.29) is 10.5 Å². The number of sulfonamides is 1. The highest BCUT2D eigenvalue weighted by Crippen LogP contribution is 2.11. The highest BCUT2D eigenvalue weighted by atomic mass is 32.2. The van der Waals surface area contributed by atoms with Crippen LogP contribution in [0.5, 0.6) is 0 Å². The zero-order chi connectivity index (χ0) is 15.3. The lowest BCUT2D eigenvalue weighted by atomic mass is 10.2. The van der Waals surface area contributed by atoms with Gasteiger partial charge in [0, 0.05) is 6.54 Å². The van der Waals surface area contributed by atoms with E-state index in [1.165, 1.54) is 18.2 Å². The predicted molar refractivity (Wildman–Crippen MR) is 66.6 cm³/mol. The number of carbonyl (C=O) groups excluding carboxylic acids is 1. The van der Waals surface area contributed by atoms with Crippen LogP contribution < -0.4 is 4.72 Å². The van der Waals surface area contributed by atoms with Gasteiger partial charge in [-0.1, -0.05) is 6.07 Å². The fourth-order valence-electron chi connectivity index (χ4n) is 1.29. The third kappa shape index (κ3) is 4.02. The van der Waals surface area contributed by atoms with Gasteiger partial charge in [0.15, 0.2) is 6.10 Å². The Bertz CT molecular complexity index is 611. The molecule has 1 aromatic rings. The summed E-state index contributed by atoms with van der Waals surface area (Å²) in [5.41, 5.74) is -0.193. The van der Waals surface area contributed by atoms with Crippen LogP contribution in [0.3, 0.4) is 0 Å². The molecule has 1 aromatic carbocycles. The maximum Gasteiger partial charge on any atom is 0.336 e. The minimum absolute atomic E-state index is 0.193. The Balaban J connectivity index is 2.86. The molecule has 0 saturated carbocycles. The second kappa shape index (κ2) is 6.46. The van der Waals surface area contributed by atoms with E-state index in [2.05, 4.69) is 4.74 Å². The topological polar surface area (TPSA) is 130 Å². The van der Waals surface area contributed by atoms with Crippen molar-refractivity contribution in [2.24, 2.45) is 0 Å². The van der Waals surface area contributed by atoms with E-state index in [4.69, 9.17) is 5.11 Å². The van der Waals surface area contributed by atoms with Gasteiger partial charge >= 0.3 is 11.9 Å². The lowest BCUT2D eigenvalue weighted by Crippen LogP contribution is -2.37. The van der Waals surface area contributed by atoms with Crippen molar-refractivity contribution in [3.05, 3.63) is 29.8 Å². The van der Waals surface area contributed by atoms with Gasteiger partial charge in [-0.3, -0.25) is 0 Å². The Morgan fingerprint density at radius 2 is 2.05 bits per heavy atom. The number of carboxylic acid groups (broad SMARTS) is 1. The van der Waals surface area contributed by atoms with Crippen molar-refractivity contribution in [2.75, 3.05) is 13.7 Å². The van der Waals surface area contributed by atoms with Crippen molar-refractivity contribution in [1.82, 2.24) is 4.72 Å². The SMILES string of the molecule is COC(=O)C(O)CNS(=O)(=O)c1cccc(C(=O)O)c1.